The van der Waals surface area contributed by atoms with Crippen LogP contribution in [0.4, 0.5) is 0 Å². The zero-order valence-electron chi connectivity index (χ0n) is 8.70. The van der Waals surface area contributed by atoms with Gasteiger partial charge < -0.3 is 4.74 Å². The van der Waals surface area contributed by atoms with E-state index in [0.29, 0.717) is 12.0 Å². The summed E-state index contributed by atoms with van der Waals surface area (Å²) in [4.78, 5) is 11.6. The number of rotatable bonds is 4. The first kappa shape index (κ1) is 10.8. The van der Waals surface area contributed by atoms with Gasteiger partial charge in [-0.3, -0.25) is 4.79 Å². The summed E-state index contributed by atoms with van der Waals surface area (Å²) in [6, 6.07) is 1.76. The van der Waals surface area contributed by atoms with Gasteiger partial charge in [0, 0.05) is 12.7 Å². The molecule has 0 radical (unpaired) electrons. The van der Waals surface area contributed by atoms with Crippen molar-refractivity contribution >= 4 is 5.78 Å². The van der Waals surface area contributed by atoms with Gasteiger partial charge in [-0.2, -0.15) is 10.2 Å². The number of methoxy groups -OCH3 is 1. The number of Topliss-reactive ketones (excluding diaryl/α,β-unsaturated/α-hetero) is 1. The molecule has 0 saturated carbocycles. The second kappa shape index (κ2) is 4.81. The van der Waals surface area contributed by atoms with Crippen molar-refractivity contribution in [2.45, 2.75) is 20.3 Å². The Morgan fingerprint density at radius 2 is 2.21 bits per heavy atom. The molecular formula is C10H14N2O2. The predicted molar refractivity (Wildman–Crippen MR) is 52.4 cm³/mol. The molecule has 0 amide bonds. The minimum atomic E-state index is -0.0395. The first-order valence-corrected chi connectivity index (χ1v) is 4.54. The standard InChI is InChI=1S/C10H14N2O2/c1-4-9-8(10(13)6-14-3)5-7(2)11-12-9/h5H,4,6H2,1-3H3. The van der Waals surface area contributed by atoms with Crippen LogP contribution < -0.4 is 0 Å². The summed E-state index contributed by atoms with van der Waals surface area (Å²) in [7, 11) is 1.50. The van der Waals surface area contributed by atoms with Gasteiger partial charge in [-0.15, -0.1) is 0 Å². The van der Waals surface area contributed by atoms with E-state index in [4.69, 9.17) is 4.74 Å². The molecule has 0 atom stereocenters. The Labute approximate surface area is 83.3 Å². The van der Waals surface area contributed by atoms with Crippen molar-refractivity contribution in [2.75, 3.05) is 13.7 Å². The molecule has 76 valence electrons. The highest BCUT2D eigenvalue weighted by Crippen LogP contribution is 2.08. The van der Waals surface area contributed by atoms with Gasteiger partial charge in [0.25, 0.3) is 0 Å². The summed E-state index contributed by atoms with van der Waals surface area (Å²) in [5, 5.41) is 7.88. The fourth-order valence-electron chi connectivity index (χ4n) is 1.23. The minimum Gasteiger partial charge on any atom is -0.377 e. The smallest absolute Gasteiger partial charge is 0.190 e. The average Bonchev–Trinajstić information content (AvgIpc) is 2.18. The molecular weight excluding hydrogens is 180 g/mol. The molecule has 0 fully saturated rings. The number of carbonyl (C=O) groups is 1. The Kier molecular flexibility index (Phi) is 3.71. The fourth-order valence-corrected chi connectivity index (χ4v) is 1.23. The van der Waals surface area contributed by atoms with Gasteiger partial charge >= 0.3 is 0 Å². The van der Waals surface area contributed by atoms with Gasteiger partial charge in [0.2, 0.25) is 0 Å². The van der Waals surface area contributed by atoms with E-state index in [1.807, 2.05) is 13.8 Å². The van der Waals surface area contributed by atoms with Crippen molar-refractivity contribution in [2.24, 2.45) is 0 Å². The maximum absolute atomic E-state index is 11.6. The van der Waals surface area contributed by atoms with Crippen molar-refractivity contribution in [1.82, 2.24) is 10.2 Å². The Balaban J connectivity index is 3.03. The first-order chi connectivity index (χ1) is 6.69. The van der Waals surface area contributed by atoms with Crippen LogP contribution in [0.1, 0.15) is 28.7 Å². The number of nitrogens with zero attached hydrogens (tertiary/aromatic N) is 2. The van der Waals surface area contributed by atoms with E-state index in [1.54, 1.807) is 6.07 Å². The molecule has 0 aliphatic heterocycles. The van der Waals surface area contributed by atoms with Crippen molar-refractivity contribution in [3.63, 3.8) is 0 Å². The van der Waals surface area contributed by atoms with Gasteiger partial charge in [-0.05, 0) is 19.4 Å². The number of ketones is 1. The number of aromatic nitrogens is 2. The lowest BCUT2D eigenvalue weighted by Gasteiger charge is -2.05. The molecule has 0 aliphatic rings. The quantitative estimate of drug-likeness (QED) is 0.675. The zero-order chi connectivity index (χ0) is 10.6. The van der Waals surface area contributed by atoms with Crippen LogP contribution in [0.15, 0.2) is 6.07 Å². The molecule has 4 nitrogen and oxygen atoms in total. The Morgan fingerprint density at radius 3 is 2.79 bits per heavy atom. The zero-order valence-corrected chi connectivity index (χ0v) is 8.70. The Bertz CT molecular complexity index is 337. The SMILES string of the molecule is CCc1nnc(C)cc1C(=O)COC. The number of hydrogen-bond donors (Lipinski definition) is 0. The van der Waals surface area contributed by atoms with Gasteiger partial charge in [0.15, 0.2) is 5.78 Å². The number of ether oxygens (including phenoxy) is 1. The molecule has 1 aromatic heterocycles. The normalized spacial score (nSPS) is 10.2. The summed E-state index contributed by atoms with van der Waals surface area (Å²) in [6.07, 6.45) is 0.706. The van der Waals surface area contributed by atoms with Crippen LogP contribution in [0.2, 0.25) is 0 Å². The maximum atomic E-state index is 11.6. The lowest BCUT2D eigenvalue weighted by molar-refractivity contribution is 0.0846. The second-order valence-corrected chi connectivity index (χ2v) is 3.06. The fraction of sp³-hybridized carbons (Fsp3) is 0.500. The summed E-state index contributed by atoms with van der Waals surface area (Å²) in [5.74, 6) is -0.0395. The summed E-state index contributed by atoms with van der Waals surface area (Å²) < 4.78 is 4.80. The highest BCUT2D eigenvalue weighted by Gasteiger charge is 2.11. The average molecular weight is 194 g/mol. The van der Waals surface area contributed by atoms with Gasteiger partial charge in [-0.25, -0.2) is 0 Å². The lowest BCUT2D eigenvalue weighted by Crippen LogP contribution is -2.12. The summed E-state index contributed by atoms with van der Waals surface area (Å²) in [6.45, 7) is 3.86. The number of carbonyl (C=O) groups excluding carboxylic acids is 1. The van der Waals surface area contributed by atoms with E-state index in [-0.39, 0.29) is 12.4 Å². The molecule has 0 bridgehead atoms. The molecule has 0 aliphatic carbocycles. The van der Waals surface area contributed by atoms with Gasteiger partial charge in [-0.1, -0.05) is 6.92 Å². The Hall–Kier alpha value is -1.29. The monoisotopic (exact) mass is 194 g/mol. The molecule has 0 unspecified atom stereocenters. The Morgan fingerprint density at radius 1 is 1.50 bits per heavy atom. The number of aryl methyl sites for hydroxylation is 2. The molecule has 4 heteroatoms. The van der Waals surface area contributed by atoms with Gasteiger partial charge in [0.05, 0.1) is 11.4 Å². The van der Waals surface area contributed by atoms with Crippen molar-refractivity contribution in [3.8, 4) is 0 Å². The van der Waals surface area contributed by atoms with E-state index in [1.165, 1.54) is 7.11 Å². The van der Waals surface area contributed by atoms with Crippen molar-refractivity contribution < 1.29 is 9.53 Å². The summed E-state index contributed by atoms with van der Waals surface area (Å²) >= 11 is 0. The van der Waals surface area contributed by atoms with Crippen molar-refractivity contribution in [1.29, 1.82) is 0 Å². The third-order valence-corrected chi connectivity index (χ3v) is 1.90. The van der Waals surface area contributed by atoms with E-state index in [0.717, 1.165) is 11.4 Å². The molecule has 0 aromatic carbocycles. The number of hydrogen-bond acceptors (Lipinski definition) is 4. The molecule has 1 heterocycles. The van der Waals surface area contributed by atoms with Crippen LogP contribution >= 0.6 is 0 Å². The first-order valence-electron chi connectivity index (χ1n) is 4.54. The van der Waals surface area contributed by atoms with Crippen LogP contribution in [-0.4, -0.2) is 29.7 Å². The maximum Gasteiger partial charge on any atom is 0.190 e. The van der Waals surface area contributed by atoms with Crippen LogP contribution in [0.5, 0.6) is 0 Å². The summed E-state index contributed by atoms with van der Waals surface area (Å²) in [5.41, 5.74) is 2.11. The predicted octanol–water partition coefficient (Wildman–Crippen LogP) is 1.18. The molecule has 1 aromatic rings. The lowest BCUT2D eigenvalue weighted by atomic mass is 10.1. The highest BCUT2D eigenvalue weighted by molar-refractivity contribution is 5.98. The molecule has 0 saturated heterocycles. The molecule has 1 rings (SSSR count). The second-order valence-electron chi connectivity index (χ2n) is 3.06. The topological polar surface area (TPSA) is 52.1 Å². The third kappa shape index (κ3) is 2.35. The van der Waals surface area contributed by atoms with Crippen LogP contribution in [0, 0.1) is 6.92 Å². The van der Waals surface area contributed by atoms with Crippen molar-refractivity contribution in [3.05, 3.63) is 23.0 Å². The largest absolute Gasteiger partial charge is 0.377 e. The minimum absolute atomic E-state index is 0.0395. The van der Waals surface area contributed by atoms with E-state index in [9.17, 15) is 4.79 Å². The van der Waals surface area contributed by atoms with Crippen LogP contribution in [0.3, 0.4) is 0 Å². The molecule has 0 N–H and O–H groups in total. The van der Waals surface area contributed by atoms with E-state index >= 15 is 0 Å². The van der Waals surface area contributed by atoms with E-state index in [2.05, 4.69) is 10.2 Å². The van der Waals surface area contributed by atoms with Gasteiger partial charge in [0.1, 0.15) is 6.61 Å². The molecule has 0 spiro atoms. The van der Waals surface area contributed by atoms with E-state index < -0.39 is 0 Å². The third-order valence-electron chi connectivity index (χ3n) is 1.90. The van der Waals surface area contributed by atoms with Crippen LogP contribution in [-0.2, 0) is 11.2 Å². The van der Waals surface area contributed by atoms with Crippen LogP contribution in [0.25, 0.3) is 0 Å². The highest BCUT2D eigenvalue weighted by atomic mass is 16.5. The molecule has 14 heavy (non-hydrogen) atoms.